The maximum Gasteiger partial charge on any atom is 0.407 e. The highest BCUT2D eigenvalue weighted by Crippen LogP contribution is 2.30. The van der Waals surface area contributed by atoms with E-state index in [1.54, 1.807) is 35.5 Å². The van der Waals surface area contributed by atoms with Crippen molar-refractivity contribution in [1.82, 2.24) is 29.6 Å². The smallest absolute Gasteiger partial charge is 0.407 e. The lowest BCUT2D eigenvalue weighted by Gasteiger charge is -2.45. The Kier molecular flexibility index (Phi) is 13.3. The van der Waals surface area contributed by atoms with Gasteiger partial charge < -0.3 is 49.0 Å². The Morgan fingerprint density at radius 2 is 1.60 bits per heavy atom. The van der Waals surface area contributed by atoms with Gasteiger partial charge in [-0.15, -0.1) is 0 Å². The monoisotopic (exact) mass is 817 g/mol. The summed E-state index contributed by atoms with van der Waals surface area (Å²) < 4.78 is 40.8. The Bertz CT molecular complexity index is 2010. The fourth-order valence-corrected chi connectivity index (χ4v) is 7.19. The standard InChI is InChI=1S/C38H47ClF2N8O8/c1-38(2,3)57-36(54)42-11-6-18-49(23-30(50)51)19-16-48(17-20-49)37(55)47-14-12-46(13-15-47)35(53)25-8-7-24(21-27(25)39)44-34(52)33-43-22-28(45(33)4)26-9-10-29(56-5)32(41)31(26)40/h7-10,21-22H,6,11-20,23H2,1-5H3,(H2-,42,44,50,51,52,53,54)/p+1. The Labute approximate surface area is 333 Å². The summed E-state index contributed by atoms with van der Waals surface area (Å²) in [4.78, 5) is 72.9. The summed E-state index contributed by atoms with van der Waals surface area (Å²) >= 11 is 6.52. The van der Waals surface area contributed by atoms with Crippen molar-refractivity contribution < 1.29 is 51.8 Å². The first-order valence-electron chi connectivity index (χ1n) is 18.4. The molecule has 3 heterocycles. The van der Waals surface area contributed by atoms with E-state index in [1.807, 2.05) is 0 Å². The molecule has 0 bridgehead atoms. The van der Waals surface area contributed by atoms with Crippen molar-refractivity contribution >= 4 is 47.2 Å². The number of urea groups is 1. The van der Waals surface area contributed by atoms with Crippen LogP contribution in [0.25, 0.3) is 11.3 Å². The number of carbonyl (C=O) groups excluding carboxylic acids is 4. The molecule has 2 saturated heterocycles. The van der Waals surface area contributed by atoms with Gasteiger partial charge in [-0.2, -0.15) is 4.39 Å². The minimum Gasteiger partial charge on any atom is -0.494 e. The van der Waals surface area contributed by atoms with E-state index in [2.05, 4.69) is 15.6 Å². The number of alkyl carbamates (subject to hydrolysis) is 1. The van der Waals surface area contributed by atoms with Gasteiger partial charge in [0.2, 0.25) is 5.82 Å². The van der Waals surface area contributed by atoms with Crippen LogP contribution in [0, 0.1) is 11.6 Å². The van der Waals surface area contributed by atoms with E-state index in [0.717, 1.165) is 0 Å². The number of hydrogen-bond acceptors (Lipinski definition) is 8. The number of piperazine rings is 2. The third-order valence-electron chi connectivity index (χ3n) is 9.94. The summed E-state index contributed by atoms with van der Waals surface area (Å²) in [5.41, 5.74) is -0.0984. The molecule has 0 aliphatic carbocycles. The van der Waals surface area contributed by atoms with Gasteiger partial charge in [-0.3, -0.25) is 9.59 Å². The second-order valence-electron chi connectivity index (χ2n) is 15.0. The number of benzene rings is 2. The summed E-state index contributed by atoms with van der Waals surface area (Å²) in [6.07, 6.45) is 1.26. The Balaban J connectivity index is 1.11. The number of carbonyl (C=O) groups is 5. The normalized spacial score (nSPS) is 15.5. The minimum absolute atomic E-state index is 0.0859. The number of rotatable bonds is 11. The lowest BCUT2D eigenvalue weighted by Crippen LogP contribution is -2.64. The number of ether oxygens (including phenoxy) is 2. The third-order valence-corrected chi connectivity index (χ3v) is 10.2. The molecular weight excluding hydrogens is 770 g/mol. The molecule has 5 rings (SSSR count). The summed E-state index contributed by atoms with van der Waals surface area (Å²) in [5.74, 6) is -4.58. The molecule has 16 nitrogen and oxygen atoms in total. The molecule has 0 radical (unpaired) electrons. The molecule has 0 saturated carbocycles. The number of carboxylic acids is 1. The number of aromatic nitrogens is 2. The van der Waals surface area contributed by atoms with Crippen LogP contribution >= 0.6 is 11.6 Å². The molecule has 0 atom stereocenters. The number of imidazole rings is 1. The molecule has 19 heteroatoms. The molecule has 2 aliphatic heterocycles. The summed E-state index contributed by atoms with van der Waals surface area (Å²) in [6.45, 7) is 8.81. The quantitative estimate of drug-likeness (QED) is 0.188. The fourth-order valence-electron chi connectivity index (χ4n) is 6.93. The average molecular weight is 818 g/mol. The van der Waals surface area contributed by atoms with Crippen molar-refractivity contribution in [3.63, 3.8) is 0 Å². The van der Waals surface area contributed by atoms with Gasteiger partial charge in [-0.25, -0.2) is 23.8 Å². The number of methoxy groups -OCH3 is 1. The second kappa shape index (κ2) is 17.8. The van der Waals surface area contributed by atoms with Gasteiger partial charge in [0, 0.05) is 57.4 Å². The second-order valence-corrected chi connectivity index (χ2v) is 15.4. The molecule has 2 aromatic carbocycles. The van der Waals surface area contributed by atoms with E-state index < -0.39 is 35.2 Å². The Morgan fingerprint density at radius 3 is 2.21 bits per heavy atom. The predicted molar refractivity (Wildman–Crippen MR) is 205 cm³/mol. The largest absolute Gasteiger partial charge is 0.494 e. The first-order valence-corrected chi connectivity index (χ1v) is 18.8. The van der Waals surface area contributed by atoms with Crippen LogP contribution in [-0.4, -0.2) is 148 Å². The molecule has 5 amide bonds. The highest BCUT2D eigenvalue weighted by Gasteiger charge is 2.38. The van der Waals surface area contributed by atoms with Crippen LogP contribution < -0.4 is 15.4 Å². The molecule has 3 N–H and O–H groups in total. The number of nitrogens with zero attached hydrogens (tertiary/aromatic N) is 6. The first-order chi connectivity index (χ1) is 26.9. The zero-order valence-electron chi connectivity index (χ0n) is 32.6. The molecule has 0 unspecified atom stereocenters. The van der Waals surface area contributed by atoms with E-state index in [-0.39, 0.29) is 83.8 Å². The van der Waals surface area contributed by atoms with Crippen LogP contribution in [0.5, 0.6) is 5.75 Å². The number of anilines is 1. The van der Waals surface area contributed by atoms with Crippen LogP contribution in [-0.2, 0) is 16.6 Å². The number of amides is 5. The first kappa shape index (κ1) is 42.6. The van der Waals surface area contributed by atoms with Crippen molar-refractivity contribution in [2.75, 3.05) is 84.4 Å². The average Bonchev–Trinajstić information content (AvgIpc) is 3.54. The van der Waals surface area contributed by atoms with E-state index in [0.29, 0.717) is 50.2 Å². The van der Waals surface area contributed by atoms with Crippen molar-refractivity contribution in [3.05, 3.63) is 64.6 Å². The minimum atomic E-state index is -1.16. The molecule has 2 aliphatic rings. The highest BCUT2D eigenvalue weighted by molar-refractivity contribution is 6.34. The molecular formula is C38H48ClF2N8O8+. The number of quaternary nitrogens is 1. The zero-order chi connectivity index (χ0) is 41.7. The molecule has 0 spiro atoms. The van der Waals surface area contributed by atoms with Gasteiger partial charge in [0.15, 0.2) is 23.9 Å². The molecule has 57 heavy (non-hydrogen) atoms. The summed E-state index contributed by atoms with van der Waals surface area (Å²) in [5, 5.41) is 15.1. The van der Waals surface area contributed by atoms with Gasteiger partial charge >= 0.3 is 18.1 Å². The number of carboxylic acid groups (broad SMARTS) is 1. The molecule has 308 valence electrons. The Morgan fingerprint density at radius 1 is 0.947 bits per heavy atom. The highest BCUT2D eigenvalue weighted by atomic mass is 35.5. The predicted octanol–water partition coefficient (Wildman–Crippen LogP) is 4.29. The molecule has 1 aromatic heterocycles. The van der Waals surface area contributed by atoms with Crippen LogP contribution in [0.3, 0.4) is 0 Å². The van der Waals surface area contributed by atoms with Gasteiger partial charge in [0.25, 0.3) is 11.8 Å². The SMILES string of the molecule is COc1ccc(-c2cnc(C(=O)Nc3ccc(C(=O)N4CCN(C(=O)N5CC[N+](CCCNC(=O)OC(C)(C)C)(CC(=O)O)CC5)CC4)c(Cl)c3)n2C)c(F)c1F. The zero-order valence-corrected chi connectivity index (χ0v) is 33.3. The Hall–Kier alpha value is -5.49. The van der Waals surface area contributed by atoms with Gasteiger partial charge in [-0.1, -0.05) is 11.6 Å². The number of halogens is 3. The van der Waals surface area contributed by atoms with Crippen LogP contribution in [0.4, 0.5) is 24.1 Å². The maximum atomic E-state index is 14.7. The third kappa shape index (κ3) is 10.3. The van der Waals surface area contributed by atoms with Crippen LogP contribution in [0.2, 0.25) is 5.02 Å². The van der Waals surface area contributed by atoms with Crippen molar-refractivity contribution in [2.24, 2.45) is 7.05 Å². The number of nitrogens with one attached hydrogen (secondary N) is 2. The topological polar surface area (TPSA) is 176 Å². The van der Waals surface area contributed by atoms with Crippen LogP contribution in [0.15, 0.2) is 36.5 Å². The fraction of sp³-hybridized carbons (Fsp3) is 0.474. The molecule has 3 aromatic rings. The lowest BCUT2D eigenvalue weighted by atomic mass is 10.1. The summed E-state index contributed by atoms with van der Waals surface area (Å²) in [6, 6.07) is 6.84. The van der Waals surface area contributed by atoms with Crippen molar-refractivity contribution in [2.45, 2.75) is 32.8 Å². The van der Waals surface area contributed by atoms with Crippen LogP contribution in [0.1, 0.15) is 48.2 Å². The van der Waals surface area contributed by atoms with Gasteiger partial charge in [0.1, 0.15) is 5.60 Å². The lowest BCUT2D eigenvalue weighted by molar-refractivity contribution is -0.925. The maximum absolute atomic E-state index is 14.7. The van der Waals surface area contributed by atoms with E-state index in [1.165, 1.54) is 55.3 Å². The van der Waals surface area contributed by atoms with E-state index in [9.17, 15) is 37.9 Å². The van der Waals surface area contributed by atoms with Crippen molar-refractivity contribution in [3.8, 4) is 17.0 Å². The van der Waals surface area contributed by atoms with E-state index in [4.69, 9.17) is 21.1 Å². The van der Waals surface area contributed by atoms with Crippen molar-refractivity contribution in [1.29, 1.82) is 0 Å². The molecule has 2 fully saturated rings. The van der Waals surface area contributed by atoms with E-state index >= 15 is 0 Å². The number of hydrogen-bond donors (Lipinski definition) is 3. The number of aliphatic carboxylic acids is 1. The van der Waals surface area contributed by atoms with Gasteiger partial charge in [0.05, 0.1) is 62.3 Å². The summed E-state index contributed by atoms with van der Waals surface area (Å²) in [7, 11) is 2.71. The van der Waals surface area contributed by atoms with Gasteiger partial charge in [-0.05, 0) is 51.1 Å².